The molecule has 2 aromatic carbocycles. The number of rotatable bonds is 4. The molecule has 0 bridgehead atoms. The third-order valence-corrected chi connectivity index (χ3v) is 5.29. The Bertz CT molecular complexity index is 1160. The van der Waals surface area contributed by atoms with Crippen LogP contribution in [0.3, 0.4) is 0 Å². The molecule has 0 fully saturated rings. The van der Waals surface area contributed by atoms with Gasteiger partial charge in [-0.25, -0.2) is 0 Å². The molecule has 0 aliphatic heterocycles. The molecule has 150 valence electrons. The summed E-state index contributed by atoms with van der Waals surface area (Å²) in [5.41, 5.74) is -2.87. The molecule has 2 N–H and O–H groups in total. The molecule has 0 aliphatic carbocycles. The third kappa shape index (κ3) is 4.06. The second kappa shape index (κ2) is 7.09. The molecule has 0 aliphatic rings. The van der Waals surface area contributed by atoms with Gasteiger partial charge in [-0.15, -0.1) is 0 Å². The predicted molar refractivity (Wildman–Crippen MR) is 100 cm³/mol. The lowest BCUT2D eigenvalue weighted by atomic mass is 10.0. The Morgan fingerprint density at radius 1 is 1.24 bits per heavy atom. The summed E-state index contributed by atoms with van der Waals surface area (Å²) < 4.78 is 39.9. The van der Waals surface area contributed by atoms with Gasteiger partial charge < -0.3 is 10.1 Å². The van der Waals surface area contributed by atoms with Gasteiger partial charge in [0.15, 0.2) is 0 Å². The molecule has 1 aromatic heterocycles. The highest BCUT2D eigenvalue weighted by molar-refractivity contribution is 7.99. The number of halogens is 3. The molecule has 1 heterocycles. The van der Waals surface area contributed by atoms with Crippen molar-refractivity contribution in [2.45, 2.75) is 35.4 Å². The van der Waals surface area contributed by atoms with E-state index < -0.39 is 27.8 Å². The van der Waals surface area contributed by atoms with Gasteiger partial charge in [0.1, 0.15) is 0 Å². The van der Waals surface area contributed by atoms with Crippen molar-refractivity contribution in [3.05, 3.63) is 63.3 Å². The number of aromatic amines is 1. The fourth-order valence-electron chi connectivity index (χ4n) is 2.86. The van der Waals surface area contributed by atoms with Gasteiger partial charge in [0.25, 0.3) is 5.69 Å². The van der Waals surface area contributed by atoms with E-state index in [1.54, 1.807) is 12.1 Å². The number of nitro benzene ring substituents is 1. The Morgan fingerprint density at radius 2 is 1.93 bits per heavy atom. The van der Waals surface area contributed by atoms with Crippen LogP contribution in [0.1, 0.15) is 30.7 Å². The van der Waals surface area contributed by atoms with Crippen molar-refractivity contribution in [3.8, 4) is 6.07 Å². The SMILES string of the molecule is CC(C)(O)c1[nH]c2cc(C(F)(F)F)c(C#N)cc2c1Sc1cccc([N+](=O)[O-])c1. The van der Waals surface area contributed by atoms with E-state index >= 15 is 0 Å². The minimum Gasteiger partial charge on any atom is -0.384 e. The van der Waals surface area contributed by atoms with Gasteiger partial charge >= 0.3 is 6.18 Å². The van der Waals surface area contributed by atoms with Crippen LogP contribution in [-0.2, 0) is 11.8 Å². The predicted octanol–water partition coefficient (Wildman–Crippen LogP) is 5.35. The normalized spacial score (nSPS) is 12.2. The average Bonchev–Trinajstić information content (AvgIpc) is 2.98. The number of hydrogen-bond acceptors (Lipinski definition) is 5. The number of hydrogen-bond donors (Lipinski definition) is 2. The number of nitrogens with zero attached hydrogens (tertiary/aromatic N) is 2. The topological polar surface area (TPSA) is 103 Å². The molecule has 0 spiro atoms. The van der Waals surface area contributed by atoms with Crippen molar-refractivity contribution in [2.75, 3.05) is 0 Å². The van der Waals surface area contributed by atoms with E-state index in [0.29, 0.717) is 15.2 Å². The van der Waals surface area contributed by atoms with E-state index in [9.17, 15) is 33.7 Å². The zero-order valence-electron chi connectivity index (χ0n) is 15.2. The minimum atomic E-state index is -4.72. The number of aromatic nitrogens is 1. The van der Waals surface area contributed by atoms with E-state index in [-0.39, 0.29) is 16.9 Å². The van der Waals surface area contributed by atoms with Crippen LogP contribution in [0.5, 0.6) is 0 Å². The molecule has 3 aromatic rings. The van der Waals surface area contributed by atoms with Crippen LogP contribution in [0.2, 0.25) is 0 Å². The summed E-state index contributed by atoms with van der Waals surface area (Å²) in [7, 11) is 0. The number of nitrogens with one attached hydrogen (secondary N) is 1. The number of nitriles is 1. The highest BCUT2D eigenvalue weighted by Gasteiger charge is 2.35. The molecule has 0 saturated carbocycles. The number of alkyl halides is 3. The molecule has 10 heteroatoms. The Balaban J connectivity index is 2.25. The van der Waals surface area contributed by atoms with E-state index in [1.807, 2.05) is 0 Å². The summed E-state index contributed by atoms with van der Waals surface area (Å²) in [6.07, 6.45) is -4.72. The van der Waals surface area contributed by atoms with Crippen molar-refractivity contribution < 1.29 is 23.2 Å². The Morgan fingerprint density at radius 3 is 2.48 bits per heavy atom. The van der Waals surface area contributed by atoms with Gasteiger partial charge in [-0.05, 0) is 32.0 Å². The van der Waals surface area contributed by atoms with Gasteiger partial charge in [0.05, 0.1) is 33.4 Å². The monoisotopic (exact) mass is 421 g/mol. The van der Waals surface area contributed by atoms with Crippen LogP contribution >= 0.6 is 11.8 Å². The van der Waals surface area contributed by atoms with E-state index in [2.05, 4.69) is 4.98 Å². The van der Waals surface area contributed by atoms with Crippen LogP contribution in [0.25, 0.3) is 10.9 Å². The number of fused-ring (bicyclic) bond motifs is 1. The number of benzene rings is 2. The average molecular weight is 421 g/mol. The zero-order valence-corrected chi connectivity index (χ0v) is 16.0. The molecule has 0 saturated heterocycles. The quantitative estimate of drug-likeness (QED) is 0.437. The van der Waals surface area contributed by atoms with Gasteiger partial charge in [-0.2, -0.15) is 18.4 Å². The Hall–Kier alpha value is -3.03. The number of non-ortho nitro benzene ring substituents is 1. The van der Waals surface area contributed by atoms with Crippen LogP contribution in [0.4, 0.5) is 18.9 Å². The maximum Gasteiger partial charge on any atom is 0.417 e. The molecule has 0 radical (unpaired) electrons. The van der Waals surface area contributed by atoms with Crippen LogP contribution < -0.4 is 0 Å². The van der Waals surface area contributed by atoms with Crippen molar-refractivity contribution in [1.29, 1.82) is 5.26 Å². The molecular weight excluding hydrogens is 407 g/mol. The largest absolute Gasteiger partial charge is 0.417 e. The highest BCUT2D eigenvalue weighted by Crippen LogP contribution is 2.43. The van der Waals surface area contributed by atoms with Gasteiger partial charge in [-0.3, -0.25) is 10.1 Å². The van der Waals surface area contributed by atoms with Gasteiger partial charge in [0, 0.05) is 32.8 Å². The fraction of sp³-hybridized carbons (Fsp3) is 0.211. The van der Waals surface area contributed by atoms with Gasteiger partial charge in [-0.1, -0.05) is 17.8 Å². The number of nitro groups is 1. The molecule has 6 nitrogen and oxygen atoms in total. The van der Waals surface area contributed by atoms with Crippen molar-refractivity contribution in [1.82, 2.24) is 4.98 Å². The molecule has 3 rings (SSSR count). The third-order valence-electron chi connectivity index (χ3n) is 4.18. The van der Waals surface area contributed by atoms with E-state index in [4.69, 9.17) is 0 Å². The smallest absolute Gasteiger partial charge is 0.384 e. The van der Waals surface area contributed by atoms with E-state index in [1.165, 1.54) is 32.0 Å². The Labute approximate surface area is 167 Å². The summed E-state index contributed by atoms with van der Waals surface area (Å²) in [6, 6.07) is 9.26. The lowest BCUT2D eigenvalue weighted by Gasteiger charge is -2.18. The maximum absolute atomic E-state index is 13.3. The molecule has 29 heavy (non-hydrogen) atoms. The second-order valence-electron chi connectivity index (χ2n) is 6.80. The summed E-state index contributed by atoms with van der Waals surface area (Å²) in [6.45, 7) is 2.93. The summed E-state index contributed by atoms with van der Waals surface area (Å²) >= 11 is 1.06. The molecule has 0 atom stereocenters. The summed E-state index contributed by atoms with van der Waals surface area (Å²) in [4.78, 5) is 14.1. The van der Waals surface area contributed by atoms with Crippen molar-refractivity contribution in [3.63, 3.8) is 0 Å². The minimum absolute atomic E-state index is 0.0985. The van der Waals surface area contributed by atoms with Crippen LogP contribution in [0.15, 0.2) is 46.2 Å². The first-order chi connectivity index (χ1) is 13.4. The lowest BCUT2D eigenvalue weighted by molar-refractivity contribution is -0.385. The fourth-order valence-corrected chi connectivity index (χ4v) is 4.10. The van der Waals surface area contributed by atoms with Crippen molar-refractivity contribution in [2.24, 2.45) is 0 Å². The van der Waals surface area contributed by atoms with Gasteiger partial charge in [0.2, 0.25) is 0 Å². The lowest BCUT2D eigenvalue weighted by Crippen LogP contribution is -2.16. The second-order valence-corrected chi connectivity index (χ2v) is 7.88. The highest BCUT2D eigenvalue weighted by atomic mass is 32.2. The number of aliphatic hydroxyl groups is 1. The standard InChI is InChI=1S/C19H14F3N3O3S/c1-18(2,26)17-16(29-12-5-3-4-11(7-12)25(27)28)13-6-10(9-23)14(19(20,21)22)8-15(13)24-17/h3-8,24,26H,1-2H3. The molecule has 0 amide bonds. The molecule has 0 unspecified atom stereocenters. The molecular formula is C19H14F3N3O3S. The number of H-pyrrole nitrogens is 1. The van der Waals surface area contributed by atoms with Crippen LogP contribution in [-0.4, -0.2) is 15.0 Å². The maximum atomic E-state index is 13.3. The summed E-state index contributed by atoms with van der Waals surface area (Å²) in [5, 5.41) is 31.0. The summed E-state index contributed by atoms with van der Waals surface area (Å²) in [5.74, 6) is 0. The zero-order chi connectivity index (χ0) is 21.6. The first-order valence-electron chi connectivity index (χ1n) is 8.24. The van der Waals surface area contributed by atoms with Crippen molar-refractivity contribution >= 4 is 28.4 Å². The first kappa shape index (κ1) is 20.7. The first-order valence-corrected chi connectivity index (χ1v) is 9.05. The Kier molecular flexibility index (Phi) is 5.06. The van der Waals surface area contributed by atoms with E-state index in [0.717, 1.165) is 23.9 Å². The van der Waals surface area contributed by atoms with Crippen LogP contribution in [0, 0.1) is 21.4 Å².